The van der Waals surface area contributed by atoms with Crippen LogP contribution in [-0.4, -0.2) is 22.8 Å². The van der Waals surface area contributed by atoms with Crippen LogP contribution < -0.4 is 5.32 Å². The molecule has 3 rings (SSSR count). The van der Waals surface area contributed by atoms with Crippen LogP contribution in [0, 0.1) is 0 Å². The minimum atomic E-state index is -0.133. The molecule has 5 heteroatoms. The standard InChI is InChI=1S/C19H19N3O2/c1-24-14-15-7-9-16(10-8-15)19(23)21-18-6-3-2-5-17(18)13-22-12-4-11-20-22/h2-12H,13-14H2,1H3,(H,21,23). The van der Waals surface area contributed by atoms with Gasteiger partial charge in [-0.1, -0.05) is 30.3 Å². The number of ether oxygens (including phenoxy) is 1. The monoisotopic (exact) mass is 321 g/mol. The van der Waals surface area contributed by atoms with E-state index >= 15 is 0 Å². The molecule has 0 aliphatic carbocycles. The number of nitrogens with zero attached hydrogens (tertiary/aromatic N) is 2. The smallest absolute Gasteiger partial charge is 0.255 e. The summed E-state index contributed by atoms with van der Waals surface area (Å²) in [5.74, 6) is -0.133. The lowest BCUT2D eigenvalue weighted by molar-refractivity contribution is 0.102. The average Bonchev–Trinajstić information content (AvgIpc) is 3.11. The summed E-state index contributed by atoms with van der Waals surface area (Å²) in [4.78, 5) is 12.5. The van der Waals surface area contributed by atoms with E-state index in [9.17, 15) is 4.79 Å². The van der Waals surface area contributed by atoms with E-state index in [4.69, 9.17) is 4.74 Å². The molecule has 0 aliphatic rings. The van der Waals surface area contributed by atoms with Gasteiger partial charge in [0.25, 0.3) is 5.91 Å². The Morgan fingerprint density at radius 3 is 2.62 bits per heavy atom. The molecule has 0 fully saturated rings. The summed E-state index contributed by atoms with van der Waals surface area (Å²) in [5, 5.41) is 7.19. The molecule has 5 nitrogen and oxygen atoms in total. The second-order valence-corrected chi connectivity index (χ2v) is 5.44. The molecule has 3 aromatic rings. The van der Waals surface area contributed by atoms with Crippen LogP contribution in [-0.2, 0) is 17.9 Å². The Bertz CT molecular complexity index is 796. The quantitative estimate of drug-likeness (QED) is 0.757. The fraction of sp³-hybridized carbons (Fsp3) is 0.158. The maximum absolute atomic E-state index is 12.5. The number of hydrogen-bond donors (Lipinski definition) is 1. The second kappa shape index (κ2) is 7.57. The Balaban J connectivity index is 1.74. The summed E-state index contributed by atoms with van der Waals surface area (Å²) in [7, 11) is 1.65. The third-order valence-corrected chi connectivity index (χ3v) is 3.68. The molecule has 0 atom stereocenters. The minimum absolute atomic E-state index is 0.133. The highest BCUT2D eigenvalue weighted by atomic mass is 16.5. The van der Waals surface area contributed by atoms with Crippen molar-refractivity contribution in [3.8, 4) is 0 Å². The summed E-state index contributed by atoms with van der Waals surface area (Å²) in [6.07, 6.45) is 3.63. The highest BCUT2D eigenvalue weighted by Gasteiger charge is 2.09. The van der Waals surface area contributed by atoms with E-state index in [1.807, 2.05) is 53.3 Å². The molecular weight excluding hydrogens is 302 g/mol. The Labute approximate surface area is 140 Å². The van der Waals surface area contributed by atoms with Crippen molar-refractivity contribution < 1.29 is 9.53 Å². The van der Waals surface area contributed by atoms with Gasteiger partial charge in [0, 0.05) is 30.8 Å². The van der Waals surface area contributed by atoms with Gasteiger partial charge < -0.3 is 10.1 Å². The minimum Gasteiger partial charge on any atom is -0.380 e. The lowest BCUT2D eigenvalue weighted by Gasteiger charge is -2.11. The van der Waals surface area contributed by atoms with E-state index in [1.54, 1.807) is 25.4 Å². The Hall–Kier alpha value is -2.92. The van der Waals surface area contributed by atoms with Crippen molar-refractivity contribution in [3.63, 3.8) is 0 Å². The summed E-state index contributed by atoms with van der Waals surface area (Å²) in [6.45, 7) is 1.14. The van der Waals surface area contributed by atoms with Crippen LogP contribution in [0.1, 0.15) is 21.5 Å². The first kappa shape index (κ1) is 16.0. The van der Waals surface area contributed by atoms with Gasteiger partial charge in [-0.05, 0) is 35.4 Å². The zero-order valence-electron chi connectivity index (χ0n) is 13.5. The van der Waals surface area contributed by atoms with Crippen LogP contribution >= 0.6 is 0 Å². The molecule has 0 saturated heterocycles. The van der Waals surface area contributed by atoms with Gasteiger partial charge >= 0.3 is 0 Å². The number of anilines is 1. The lowest BCUT2D eigenvalue weighted by Crippen LogP contribution is -2.14. The molecule has 1 heterocycles. The molecule has 122 valence electrons. The molecule has 0 radical (unpaired) electrons. The second-order valence-electron chi connectivity index (χ2n) is 5.44. The van der Waals surface area contributed by atoms with E-state index in [0.29, 0.717) is 18.7 Å². The van der Waals surface area contributed by atoms with Crippen molar-refractivity contribution in [1.82, 2.24) is 9.78 Å². The summed E-state index contributed by atoms with van der Waals surface area (Å²) < 4.78 is 6.90. The first-order valence-corrected chi connectivity index (χ1v) is 7.71. The van der Waals surface area contributed by atoms with Crippen LogP contribution in [0.3, 0.4) is 0 Å². The predicted octanol–water partition coefficient (Wildman–Crippen LogP) is 3.33. The molecule has 24 heavy (non-hydrogen) atoms. The summed E-state index contributed by atoms with van der Waals surface area (Å²) in [5.41, 5.74) is 3.45. The summed E-state index contributed by atoms with van der Waals surface area (Å²) >= 11 is 0. The Morgan fingerprint density at radius 1 is 1.12 bits per heavy atom. The first-order chi connectivity index (χ1) is 11.8. The molecule has 1 aromatic heterocycles. The van der Waals surface area contributed by atoms with Crippen molar-refractivity contribution in [2.45, 2.75) is 13.2 Å². The van der Waals surface area contributed by atoms with Gasteiger partial charge in [-0.25, -0.2) is 0 Å². The van der Waals surface area contributed by atoms with E-state index < -0.39 is 0 Å². The number of para-hydroxylation sites is 1. The van der Waals surface area contributed by atoms with Gasteiger partial charge in [0.15, 0.2) is 0 Å². The number of aromatic nitrogens is 2. The van der Waals surface area contributed by atoms with Crippen LogP contribution in [0.4, 0.5) is 5.69 Å². The fourth-order valence-corrected chi connectivity index (χ4v) is 2.46. The van der Waals surface area contributed by atoms with Crippen LogP contribution in [0.25, 0.3) is 0 Å². The lowest BCUT2D eigenvalue weighted by atomic mass is 10.1. The van der Waals surface area contributed by atoms with Crippen molar-refractivity contribution in [2.75, 3.05) is 12.4 Å². The third kappa shape index (κ3) is 3.88. The van der Waals surface area contributed by atoms with Crippen molar-refractivity contribution >= 4 is 11.6 Å². The van der Waals surface area contributed by atoms with Crippen LogP contribution in [0.2, 0.25) is 0 Å². The predicted molar refractivity (Wildman–Crippen MR) is 92.9 cm³/mol. The highest BCUT2D eigenvalue weighted by molar-refractivity contribution is 6.04. The zero-order valence-corrected chi connectivity index (χ0v) is 13.5. The van der Waals surface area contributed by atoms with E-state index in [2.05, 4.69) is 10.4 Å². The number of methoxy groups -OCH3 is 1. The number of carbonyl (C=O) groups is 1. The zero-order chi connectivity index (χ0) is 16.8. The molecule has 0 saturated carbocycles. The molecule has 0 bridgehead atoms. The van der Waals surface area contributed by atoms with Gasteiger partial charge in [-0.2, -0.15) is 5.10 Å². The molecule has 1 amide bonds. The maximum atomic E-state index is 12.5. The SMILES string of the molecule is COCc1ccc(C(=O)Nc2ccccc2Cn2cccn2)cc1. The van der Waals surface area contributed by atoms with Gasteiger partial charge in [0.05, 0.1) is 13.2 Å². The largest absolute Gasteiger partial charge is 0.380 e. The fourth-order valence-electron chi connectivity index (χ4n) is 2.46. The number of amides is 1. The van der Waals surface area contributed by atoms with Gasteiger partial charge in [-0.15, -0.1) is 0 Å². The van der Waals surface area contributed by atoms with Gasteiger partial charge in [0.2, 0.25) is 0 Å². The first-order valence-electron chi connectivity index (χ1n) is 7.71. The normalized spacial score (nSPS) is 10.5. The molecular formula is C19H19N3O2. The van der Waals surface area contributed by atoms with Crippen molar-refractivity contribution in [3.05, 3.63) is 83.7 Å². The number of nitrogens with one attached hydrogen (secondary N) is 1. The Kier molecular flexibility index (Phi) is 5.03. The number of hydrogen-bond acceptors (Lipinski definition) is 3. The summed E-state index contributed by atoms with van der Waals surface area (Å²) in [6, 6.07) is 17.0. The van der Waals surface area contributed by atoms with Crippen LogP contribution in [0.5, 0.6) is 0 Å². The Morgan fingerprint density at radius 2 is 1.92 bits per heavy atom. The van der Waals surface area contributed by atoms with E-state index in [0.717, 1.165) is 16.8 Å². The molecule has 1 N–H and O–H groups in total. The number of benzene rings is 2. The van der Waals surface area contributed by atoms with Crippen molar-refractivity contribution in [2.24, 2.45) is 0 Å². The molecule has 2 aromatic carbocycles. The average molecular weight is 321 g/mol. The third-order valence-electron chi connectivity index (χ3n) is 3.68. The van der Waals surface area contributed by atoms with Crippen molar-refractivity contribution in [1.29, 1.82) is 0 Å². The van der Waals surface area contributed by atoms with Gasteiger partial charge in [0.1, 0.15) is 0 Å². The molecule has 0 unspecified atom stereocenters. The highest BCUT2D eigenvalue weighted by Crippen LogP contribution is 2.17. The van der Waals surface area contributed by atoms with Crippen LogP contribution in [0.15, 0.2) is 67.0 Å². The molecule has 0 spiro atoms. The maximum Gasteiger partial charge on any atom is 0.255 e. The van der Waals surface area contributed by atoms with E-state index in [1.165, 1.54) is 0 Å². The number of rotatable bonds is 6. The molecule has 0 aliphatic heterocycles. The van der Waals surface area contributed by atoms with E-state index in [-0.39, 0.29) is 5.91 Å². The topological polar surface area (TPSA) is 56.1 Å². The van der Waals surface area contributed by atoms with Gasteiger partial charge in [-0.3, -0.25) is 9.48 Å². The number of carbonyl (C=O) groups excluding carboxylic acids is 1.